The summed E-state index contributed by atoms with van der Waals surface area (Å²) >= 11 is 0. The highest BCUT2D eigenvalue weighted by Gasteiger charge is 2.30. The van der Waals surface area contributed by atoms with Gasteiger partial charge in [0, 0.05) is 38.8 Å². The minimum atomic E-state index is -0.694. The van der Waals surface area contributed by atoms with E-state index < -0.39 is 5.60 Å². The zero-order valence-electron chi connectivity index (χ0n) is 12.6. The number of hydrogen-bond acceptors (Lipinski definition) is 4. The largest absolute Gasteiger partial charge is 0.388 e. The minimum Gasteiger partial charge on any atom is -0.388 e. The molecule has 1 aromatic carbocycles. The second-order valence-electron chi connectivity index (χ2n) is 5.82. The lowest BCUT2D eigenvalue weighted by Crippen LogP contribution is -2.46. The van der Waals surface area contributed by atoms with Crippen molar-refractivity contribution in [1.29, 1.82) is 0 Å². The molecule has 0 bridgehead atoms. The van der Waals surface area contributed by atoms with Crippen LogP contribution in [0.4, 0.5) is 0 Å². The van der Waals surface area contributed by atoms with Gasteiger partial charge in [0.25, 0.3) is 0 Å². The molecule has 1 aliphatic heterocycles. The van der Waals surface area contributed by atoms with Gasteiger partial charge in [0.2, 0.25) is 0 Å². The minimum absolute atomic E-state index is 0.0192. The van der Waals surface area contributed by atoms with E-state index >= 15 is 0 Å². The monoisotopic (exact) mass is 298 g/mol. The molecule has 1 fully saturated rings. The van der Waals surface area contributed by atoms with E-state index in [0.29, 0.717) is 32.6 Å². The van der Waals surface area contributed by atoms with Crippen LogP contribution >= 0.6 is 0 Å². The maximum absolute atomic E-state index is 10.7. The van der Waals surface area contributed by atoms with Gasteiger partial charge in [-0.3, -0.25) is 4.98 Å². The average molecular weight is 298 g/mol. The third kappa shape index (κ3) is 3.71. The third-order valence-electron chi connectivity index (χ3n) is 4.18. The molecule has 1 atom stereocenters. The summed E-state index contributed by atoms with van der Waals surface area (Å²) in [6.07, 6.45) is 3.14. The molecule has 1 unspecified atom stereocenters. The van der Waals surface area contributed by atoms with E-state index in [1.54, 1.807) is 6.20 Å². The predicted octanol–water partition coefficient (Wildman–Crippen LogP) is 2.30. The predicted molar refractivity (Wildman–Crippen MR) is 85.5 cm³/mol. The van der Waals surface area contributed by atoms with Crippen LogP contribution in [0.25, 0.3) is 0 Å². The van der Waals surface area contributed by atoms with Crippen molar-refractivity contribution < 1.29 is 9.84 Å². The van der Waals surface area contributed by atoms with Crippen LogP contribution in [0.5, 0.6) is 0 Å². The van der Waals surface area contributed by atoms with Crippen molar-refractivity contribution in [1.82, 2.24) is 10.3 Å². The summed E-state index contributed by atoms with van der Waals surface area (Å²) in [5, 5.41) is 14.1. The Labute approximate surface area is 131 Å². The fourth-order valence-corrected chi connectivity index (χ4v) is 2.81. The first-order chi connectivity index (χ1) is 10.8. The van der Waals surface area contributed by atoms with E-state index in [1.807, 2.05) is 36.4 Å². The average Bonchev–Trinajstić information content (AvgIpc) is 2.58. The number of benzene rings is 1. The molecule has 2 N–H and O–H groups in total. The molecule has 4 nitrogen and oxygen atoms in total. The van der Waals surface area contributed by atoms with E-state index in [-0.39, 0.29) is 6.04 Å². The Balaban J connectivity index is 1.77. The number of nitrogens with zero attached hydrogens (tertiary/aromatic N) is 1. The van der Waals surface area contributed by atoms with Gasteiger partial charge in [-0.15, -0.1) is 0 Å². The van der Waals surface area contributed by atoms with Gasteiger partial charge in [-0.2, -0.15) is 0 Å². The number of ether oxygens (including phenoxy) is 1. The summed E-state index contributed by atoms with van der Waals surface area (Å²) in [4.78, 5) is 4.47. The Hall–Kier alpha value is -1.75. The first kappa shape index (κ1) is 15.2. The first-order valence-electron chi connectivity index (χ1n) is 7.76. The highest BCUT2D eigenvalue weighted by atomic mass is 16.5. The van der Waals surface area contributed by atoms with Crippen LogP contribution < -0.4 is 5.32 Å². The van der Waals surface area contributed by atoms with Gasteiger partial charge in [-0.1, -0.05) is 36.4 Å². The number of aliphatic hydroxyl groups is 1. The molecule has 0 aliphatic carbocycles. The van der Waals surface area contributed by atoms with Gasteiger partial charge in [-0.25, -0.2) is 0 Å². The Kier molecular flexibility index (Phi) is 4.83. The quantitative estimate of drug-likeness (QED) is 0.889. The molecule has 22 heavy (non-hydrogen) atoms. The fraction of sp³-hybridized carbons (Fsp3) is 0.389. The molecule has 0 amide bonds. The number of nitrogens with one attached hydrogen (secondary N) is 1. The molecule has 1 aliphatic rings. The molecule has 0 radical (unpaired) electrons. The van der Waals surface area contributed by atoms with Gasteiger partial charge in [0.1, 0.15) is 0 Å². The van der Waals surface area contributed by atoms with Crippen LogP contribution in [0.3, 0.4) is 0 Å². The number of rotatable bonds is 5. The van der Waals surface area contributed by atoms with Gasteiger partial charge < -0.3 is 15.2 Å². The van der Waals surface area contributed by atoms with Gasteiger partial charge in [0.15, 0.2) is 0 Å². The topological polar surface area (TPSA) is 54.4 Å². The molecule has 2 heterocycles. The molecule has 2 aromatic rings. The molecule has 3 rings (SSSR count). The summed E-state index contributed by atoms with van der Waals surface area (Å²) in [6, 6.07) is 16.1. The SMILES string of the molecule is OC1(CNC(c2ccccc2)c2ccccn2)CCOCC1. The van der Waals surface area contributed by atoms with Crippen LogP contribution in [-0.2, 0) is 4.74 Å². The molecule has 0 spiro atoms. The zero-order chi connectivity index (χ0) is 15.3. The van der Waals surface area contributed by atoms with Crippen LogP contribution in [0.2, 0.25) is 0 Å². The Bertz CT molecular complexity index is 529. The Morgan fingerprint density at radius 3 is 2.50 bits per heavy atom. The maximum Gasteiger partial charge on any atom is 0.0815 e. The molecule has 1 saturated heterocycles. The van der Waals surface area contributed by atoms with E-state index in [0.717, 1.165) is 11.3 Å². The maximum atomic E-state index is 10.7. The molecule has 4 heteroatoms. The van der Waals surface area contributed by atoms with Crippen LogP contribution in [-0.4, -0.2) is 35.5 Å². The van der Waals surface area contributed by atoms with Gasteiger partial charge >= 0.3 is 0 Å². The van der Waals surface area contributed by atoms with Crippen molar-refractivity contribution in [3.05, 3.63) is 66.0 Å². The summed E-state index contributed by atoms with van der Waals surface area (Å²) in [6.45, 7) is 1.78. The fourth-order valence-electron chi connectivity index (χ4n) is 2.81. The third-order valence-corrected chi connectivity index (χ3v) is 4.18. The van der Waals surface area contributed by atoms with Crippen molar-refractivity contribution >= 4 is 0 Å². The first-order valence-corrected chi connectivity index (χ1v) is 7.76. The normalized spacial score (nSPS) is 18.8. The second kappa shape index (κ2) is 7.01. The number of hydrogen-bond donors (Lipinski definition) is 2. The lowest BCUT2D eigenvalue weighted by molar-refractivity contribution is -0.0623. The molecular weight excluding hydrogens is 276 g/mol. The van der Waals surface area contributed by atoms with Crippen molar-refractivity contribution in [3.63, 3.8) is 0 Å². The van der Waals surface area contributed by atoms with E-state index in [2.05, 4.69) is 22.4 Å². The lowest BCUT2D eigenvalue weighted by atomic mass is 9.93. The molecule has 0 saturated carbocycles. The Morgan fingerprint density at radius 2 is 1.82 bits per heavy atom. The van der Waals surface area contributed by atoms with Gasteiger partial charge in [-0.05, 0) is 17.7 Å². The van der Waals surface area contributed by atoms with Crippen molar-refractivity contribution in [3.8, 4) is 0 Å². The van der Waals surface area contributed by atoms with Crippen molar-refractivity contribution in [2.75, 3.05) is 19.8 Å². The summed E-state index contributed by atoms with van der Waals surface area (Å²) in [5.41, 5.74) is 1.42. The smallest absolute Gasteiger partial charge is 0.0815 e. The van der Waals surface area contributed by atoms with Crippen molar-refractivity contribution in [2.45, 2.75) is 24.5 Å². The van der Waals surface area contributed by atoms with Crippen molar-refractivity contribution in [2.24, 2.45) is 0 Å². The van der Waals surface area contributed by atoms with Gasteiger partial charge in [0.05, 0.1) is 17.3 Å². The lowest BCUT2D eigenvalue weighted by Gasteiger charge is -2.33. The highest BCUT2D eigenvalue weighted by Crippen LogP contribution is 2.24. The standard InChI is InChI=1S/C18H22N2O2/c21-18(9-12-22-13-10-18)14-20-17(15-6-2-1-3-7-15)16-8-4-5-11-19-16/h1-8,11,17,20-21H,9-10,12-14H2. The zero-order valence-corrected chi connectivity index (χ0v) is 12.6. The summed E-state index contributed by atoms with van der Waals surface area (Å²) < 4.78 is 5.34. The molecule has 1 aromatic heterocycles. The second-order valence-corrected chi connectivity index (χ2v) is 5.82. The van der Waals surface area contributed by atoms with E-state index in [9.17, 15) is 5.11 Å². The van der Waals surface area contributed by atoms with E-state index in [4.69, 9.17) is 4.74 Å². The highest BCUT2D eigenvalue weighted by molar-refractivity contribution is 5.27. The number of aromatic nitrogens is 1. The molecular formula is C18H22N2O2. The summed E-state index contributed by atoms with van der Waals surface area (Å²) in [5.74, 6) is 0. The Morgan fingerprint density at radius 1 is 1.09 bits per heavy atom. The summed E-state index contributed by atoms with van der Waals surface area (Å²) in [7, 11) is 0. The number of pyridine rings is 1. The van der Waals surface area contributed by atoms with Crippen LogP contribution in [0.1, 0.15) is 30.1 Å². The van der Waals surface area contributed by atoms with Crippen LogP contribution in [0, 0.1) is 0 Å². The molecule has 116 valence electrons. The van der Waals surface area contributed by atoms with E-state index in [1.165, 1.54) is 0 Å². The van der Waals surface area contributed by atoms with Crippen LogP contribution in [0.15, 0.2) is 54.7 Å².